The van der Waals surface area contributed by atoms with Crippen molar-refractivity contribution in [3.05, 3.63) is 35.9 Å². The molecular formula is C21H25N3O5. The van der Waals surface area contributed by atoms with Crippen molar-refractivity contribution in [1.82, 2.24) is 14.7 Å². The number of amides is 5. The van der Waals surface area contributed by atoms with Gasteiger partial charge in [0.2, 0.25) is 5.91 Å². The van der Waals surface area contributed by atoms with Crippen LogP contribution in [0.5, 0.6) is 0 Å². The molecule has 0 bridgehead atoms. The fraction of sp³-hybridized carbons (Fsp3) is 0.524. The number of nitrogens with zero attached hydrogens (tertiary/aromatic N) is 3. The van der Waals surface area contributed by atoms with Crippen LogP contribution in [0.4, 0.5) is 4.79 Å². The van der Waals surface area contributed by atoms with E-state index in [4.69, 9.17) is 4.42 Å². The van der Waals surface area contributed by atoms with Gasteiger partial charge in [-0.25, -0.2) is 9.69 Å². The molecule has 0 N–H and O–H groups in total. The highest BCUT2D eigenvalue weighted by Crippen LogP contribution is 2.28. The lowest BCUT2D eigenvalue weighted by Gasteiger charge is -2.28. The van der Waals surface area contributed by atoms with Crippen LogP contribution >= 0.6 is 0 Å². The first kappa shape index (κ1) is 19.4. The first-order valence-corrected chi connectivity index (χ1v) is 10.3. The molecule has 0 atom stereocenters. The van der Waals surface area contributed by atoms with Crippen molar-refractivity contribution < 1.29 is 23.6 Å². The molecule has 154 valence electrons. The largest absolute Gasteiger partial charge is 0.467 e. The second-order valence-corrected chi connectivity index (χ2v) is 7.79. The van der Waals surface area contributed by atoms with Gasteiger partial charge < -0.3 is 9.32 Å². The van der Waals surface area contributed by atoms with Gasteiger partial charge in [0.15, 0.2) is 0 Å². The van der Waals surface area contributed by atoms with Crippen molar-refractivity contribution in [3.8, 4) is 0 Å². The van der Waals surface area contributed by atoms with Crippen molar-refractivity contribution in [2.45, 2.75) is 64.0 Å². The molecule has 0 unspecified atom stereocenters. The molecule has 1 saturated heterocycles. The number of rotatable bonds is 6. The molecule has 5 amide bonds. The smallest absolute Gasteiger partial charge is 0.334 e. The zero-order chi connectivity index (χ0) is 20.4. The van der Waals surface area contributed by atoms with Crippen molar-refractivity contribution in [2.24, 2.45) is 0 Å². The van der Waals surface area contributed by atoms with Crippen molar-refractivity contribution in [1.29, 1.82) is 0 Å². The van der Waals surface area contributed by atoms with Crippen LogP contribution in [-0.2, 0) is 20.9 Å². The average molecular weight is 399 g/mol. The lowest BCUT2D eigenvalue weighted by molar-refractivity contribution is -0.145. The van der Waals surface area contributed by atoms with Gasteiger partial charge in [0.1, 0.15) is 12.3 Å². The molecule has 1 aliphatic heterocycles. The van der Waals surface area contributed by atoms with Gasteiger partial charge in [-0.15, -0.1) is 0 Å². The van der Waals surface area contributed by atoms with Gasteiger partial charge in [0.05, 0.1) is 12.8 Å². The van der Waals surface area contributed by atoms with Gasteiger partial charge in [-0.3, -0.25) is 19.3 Å². The lowest BCUT2D eigenvalue weighted by atomic mass is 10.0. The lowest BCUT2D eigenvalue weighted by Crippen LogP contribution is -2.44. The molecule has 1 aromatic rings. The summed E-state index contributed by atoms with van der Waals surface area (Å²) in [7, 11) is 0. The molecular weight excluding hydrogens is 374 g/mol. The SMILES string of the molecule is O=C(CN1C(=O)C(=O)N(C2CCCC2)C1=O)N(Cc1ccco1)C1=CCCCC1. The summed E-state index contributed by atoms with van der Waals surface area (Å²) in [6, 6.07) is 2.62. The van der Waals surface area contributed by atoms with Crippen LogP contribution < -0.4 is 0 Å². The predicted molar refractivity (Wildman–Crippen MR) is 102 cm³/mol. The van der Waals surface area contributed by atoms with E-state index in [2.05, 4.69) is 0 Å². The van der Waals surface area contributed by atoms with Gasteiger partial charge in [-0.1, -0.05) is 18.9 Å². The highest BCUT2D eigenvalue weighted by atomic mass is 16.3. The number of urea groups is 1. The Morgan fingerprint density at radius 3 is 2.55 bits per heavy atom. The van der Waals surface area contributed by atoms with E-state index in [1.54, 1.807) is 23.3 Å². The summed E-state index contributed by atoms with van der Waals surface area (Å²) in [4.78, 5) is 54.1. The van der Waals surface area contributed by atoms with Crippen LogP contribution in [0.15, 0.2) is 34.6 Å². The van der Waals surface area contributed by atoms with E-state index in [9.17, 15) is 19.2 Å². The molecule has 2 aliphatic carbocycles. The van der Waals surface area contributed by atoms with Gasteiger partial charge in [0, 0.05) is 11.7 Å². The van der Waals surface area contributed by atoms with Crippen molar-refractivity contribution >= 4 is 23.8 Å². The van der Waals surface area contributed by atoms with Crippen LogP contribution in [0.1, 0.15) is 57.1 Å². The van der Waals surface area contributed by atoms with Crippen LogP contribution in [0, 0.1) is 0 Å². The van der Waals surface area contributed by atoms with Crippen LogP contribution in [0.3, 0.4) is 0 Å². The molecule has 29 heavy (non-hydrogen) atoms. The van der Waals surface area contributed by atoms with E-state index < -0.39 is 30.3 Å². The number of carbonyl (C=O) groups excluding carboxylic acids is 4. The highest BCUT2D eigenvalue weighted by molar-refractivity contribution is 6.45. The molecule has 2 heterocycles. The topological polar surface area (TPSA) is 91.1 Å². The predicted octanol–water partition coefficient (Wildman–Crippen LogP) is 2.80. The van der Waals surface area contributed by atoms with Gasteiger partial charge in [0.25, 0.3) is 0 Å². The Balaban J connectivity index is 1.52. The fourth-order valence-corrected chi connectivity index (χ4v) is 4.34. The number of hydrogen-bond donors (Lipinski definition) is 0. The molecule has 8 nitrogen and oxygen atoms in total. The molecule has 0 spiro atoms. The van der Waals surface area contributed by atoms with Gasteiger partial charge in [-0.2, -0.15) is 0 Å². The Kier molecular flexibility index (Phi) is 5.51. The molecule has 4 rings (SSSR count). The summed E-state index contributed by atoms with van der Waals surface area (Å²) in [5.41, 5.74) is 0.871. The summed E-state index contributed by atoms with van der Waals surface area (Å²) in [6.45, 7) is -0.209. The van der Waals surface area contributed by atoms with Crippen molar-refractivity contribution in [3.63, 3.8) is 0 Å². The summed E-state index contributed by atoms with van der Waals surface area (Å²) >= 11 is 0. The van der Waals surface area contributed by atoms with E-state index in [0.29, 0.717) is 18.6 Å². The van der Waals surface area contributed by atoms with E-state index in [1.807, 2.05) is 6.08 Å². The van der Waals surface area contributed by atoms with Crippen LogP contribution in [-0.4, -0.2) is 51.0 Å². The first-order chi connectivity index (χ1) is 14.1. The maximum atomic E-state index is 13.1. The normalized spacial score (nSPS) is 20.6. The summed E-state index contributed by atoms with van der Waals surface area (Å²) in [5, 5.41) is 0. The number of hydrogen-bond acceptors (Lipinski definition) is 5. The molecule has 1 saturated carbocycles. The minimum atomic E-state index is -0.911. The van der Waals surface area contributed by atoms with Gasteiger partial charge in [-0.05, 0) is 50.7 Å². The summed E-state index contributed by atoms with van der Waals surface area (Å²) in [5.74, 6) is -1.50. The zero-order valence-electron chi connectivity index (χ0n) is 16.3. The Bertz CT molecular complexity index is 839. The Labute approximate surface area is 169 Å². The minimum Gasteiger partial charge on any atom is -0.467 e. The fourth-order valence-electron chi connectivity index (χ4n) is 4.34. The van der Waals surface area contributed by atoms with Crippen LogP contribution in [0.2, 0.25) is 0 Å². The van der Waals surface area contributed by atoms with E-state index in [-0.39, 0.29) is 12.6 Å². The Morgan fingerprint density at radius 1 is 1.10 bits per heavy atom. The summed E-state index contributed by atoms with van der Waals surface area (Å²) < 4.78 is 5.39. The number of allylic oxidation sites excluding steroid dienone is 2. The third-order valence-electron chi connectivity index (χ3n) is 5.88. The molecule has 3 aliphatic rings. The monoisotopic (exact) mass is 399 g/mol. The molecule has 2 fully saturated rings. The van der Waals surface area contributed by atoms with E-state index in [1.165, 1.54) is 0 Å². The Hall–Kier alpha value is -2.90. The average Bonchev–Trinajstić information content (AvgIpc) is 3.47. The minimum absolute atomic E-state index is 0.230. The third-order valence-corrected chi connectivity index (χ3v) is 5.88. The molecule has 0 radical (unpaired) electrons. The van der Waals surface area contributed by atoms with E-state index >= 15 is 0 Å². The Morgan fingerprint density at radius 2 is 1.90 bits per heavy atom. The number of carbonyl (C=O) groups is 4. The first-order valence-electron chi connectivity index (χ1n) is 10.3. The highest BCUT2D eigenvalue weighted by Gasteiger charge is 2.49. The zero-order valence-corrected chi connectivity index (χ0v) is 16.3. The van der Waals surface area contributed by atoms with Crippen LogP contribution in [0.25, 0.3) is 0 Å². The second kappa shape index (κ2) is 8.23. The summed E-state index contributed by atoms with van der Waals surface area (Å²) in [6.07, 6.45) is 10.5. The molecule has 1 aromatic heterocycles. The third kappa shape index (κ3) is 3.83. The molecule has 0 aromatic carbocycles. The van der Waals surface area contributed by atoms with Gasteiger partial charge >= 0.3 is 17.8 Å². The number of furan rings is 1. The quantitative estimate of drug-likeness (QED) is 0.542. The standard InChI is InChI=1S/C21H25N3O5/c25-18(22(13-17-11-6-12-29-17)15-7-2-1-3-8-15)14-23-19(26)20(27)24(21(23)28)16-9-4-5-10-16/h6-7,11-12,16H,1-5,8-10,13-14H2. The van der Waals surface area contributed by atoms with Crippen molar-refractivity contribution in [2.75, 3.05) is 6.54 Å². The maximum Gasteiger partial charge on any atom is 0.334 e. The maximum absolute atomic E-state index is 13.1. The number of imide groups is 2. The molecule has 8 heteroatoms. The second-order valence-electron chi connectivity index (χ2n) is 7.79. The van der Waals surface area contributed by atoms with E-state index in [0.717, 1.165) is 54.0 Å².